The van der Waals surface area contributed by atoms with Crippen molar-refractivity contribution in [2.24, 2.45) is 0 Å². The molecule has 0 amide bonds. The number of nitrogens with one attached hydrogen (secondary N) is 1. The Balaban J connectivity index is 2.25. The van der Waals surface area contributed by atoms with E-state index >= 15 is 0 Å². The zero-order chi connectivity index (χ0) is 13.8. The molecule has 100 valence electrons. The van der Waals surface area contributed by atoms with Gasteiger partial charge in [0.1, 0.15) is 0 Å². The first-order chi connectivity index (χ1) is 9.10. The Hall–Kier alpha value is -1.31. The highest BCUT2D eigenvalue weighted by atomic mass is 35.5. The van der Waals surface area contributed by atoms with Crippen molar-refractivity contribution in [3.05, 3.63) is 58.6 Å². The maximum absolute atomic E-state index is 6.08. The van der Waals surface area contributed by atoms with Crippen molar-refractivity contribution in [1.82, 2.24) is 5.32 Å². The minimum absolute atomic E-state index is 0.499. The van der Waals surface area contributed by atoms with E-state index in [1.54, 1.807) is 0 Å². The molecule has 0 aliphatic heterocycles. The summed E-state index contributed by atoms with van der Waals surface area (Å²) in [5, 5.41) is 4.04. The lowest BCUT2D eigenvalue weighted by molar-refractivity contribution is 0.608. The van der Waals surface area contributed by atoms with Gasteiger partial charge in [0.25, 0.3) is 0 Å². The van der Waals surface area contributed by atoms with Crippen LogP contribution >= 0.6 is 11.6 Å². The van der Waals surface area contributed by atoms with Gasteiger partial charge in [0.05, 0.1) is 0 Å². The molecule has 0 radical (unpaired) electrons. The van der Waals surface area contributed by atoms with Crippen LogP contribution < -0.4 is 5.32 Å². The largest absolute Gasteiger partial charge is 0.317 e. The molecule has 1 unspecified atom stereocenters. The molecule has 0 saturated heterocycles. The second-order valence-corrected chi connectivity index (χ2v) is 5.49. The molecule has 1 N–H and O–H groups in total. The lowest BCUT2D eigenvalue weighted by atomic mass is 9.98. The first-order valence-corrected chi connectivity index (χ1v) is 7.00. The van der Waals surface area contributed by atoms with Crippen LogP contribution in [-0.4, -0.2) is 13.1 Å². The van der Waals surface area contributed by atoms with E-state index < -0.39 is 0 Å². The predicted molar refractivity (Wildman–Crippen MR) is 83.9 cm³/mol. The van der Waals surface area contributed by atoms with Gasteiger partial charge < -0.3 is 5.32 Å². The van der Waals surface area contributed by atoms with Gasteiger partial charge in [-0.3, -0.25) is 0 Å². The number of hydrogen-bond donors (Lipinski definition) is 1. The topological polar surface area (TPSA) is 12.0 Å². The Bertz CT molecular complexity index is 546. The number of hydrogen-bond acceptors (Lipinski definition) is 1. The van der Waals surface area contributed by atoms with Crippen molar-refractivity contribution in [3.8, 4) is 11.1 Å². The van der Waals surface area contributed by atoms with Crippen LogP contribution in [0.15, 0.2) is 42.5 Å². The second-order valence-electron chi connectivity index (χ2n) is 5.05. The van der Waals surface area contributed by atoms with Crippen molar-refractivity contribution in [2.45, 2.75) is 26.3 Å². The average Bonchev–Trinajstić information content (AvgIpc) is 2.42. The minimum atomic E-state index is 0.499. The number of rotatable bonds is 4. The Morgan fingerprint density at radius 2 is 1.79 bits per heavy atom. The molecule has 2 rings (SSSR count). The van der Waals surface area contributed by atoms with E-state index in [1.165, 1.54) is 22.3 Å². The van der Waals surface area contributed by atoms with E-state index in [0.717, 1.165) is 11.4 Å². The molecule has 0 bridgehead atoms. The molecule has 1 nitrogen and oxygen atoms in total. The zero-order valence-electron chi connectivity index (χ0n) is 11.7. The lowest BCUT2D eigenvalue weighted by Gasteiger charge is -2.11. The van der Waals surface area contributed by atoms with Gasteiger partial charge in [-0.15, -0.1) is 0 Å². The molecule has 0 saturated carbocycles. The standard InChI is InChI=1S/C17H20ClN/c1-12-4-9-16(18)11-17(12)15-7-5-14(6-8-15)10-13(2)19-3/h4-9,11,13,19H,10H2,1-3H3. The third-order valence-corrected chi connectivity index (χ3v) is 3.73. The average molecular weight is 274 g/mol. The maximum Gasteiger partial charge on any atom is 0.0412 e. The van der Waals surface area contributed by atoms with E-state index in [4.69, 9.17) is 11.6 Å². The fourth-order valence-corrected chi connectivity index (χ4v) is 2.35. The van der Waals surface area contributed by atoms with Crippen LogP contribution in [0.4, 0.5) is 0 Å². The third-order valence-electron chi connectivity index (χ3n) is 3.50. The summed E-state index contributed by atoms with van der Waals surface area (Å²) in [5.74, 6) is 0. The fraction of sp³-hybridized carbons (Fsp3) is 0.294. The monoisotopic (exact) mass is 273 g/mol. The number of aryl methyl sites for hydroxylation is 1. The van der Waals surface area contributed by atoms with Crippen molar-refractivity contribution >= 4 is 11.6 Å². The van der Waals surface area contributed by atoms with Gasteiger partial charge in [-0.1, -0.05) is 41.9 Å². The normalized spacial score (nSPS) is 12.4. The van der Waals surface area contributed by atoms with Crippen LogP contribution in [0.2, 0.25) is 5.02 Å². The van der Waals surface area contributed by atoms with Gasteiger partial charge in [0.15, 0.2) is 0 Å². The number of benzene rings is 2. The van der Waals surface area contributed by atoms with Gasteiger partial charge in [0, 0.05) is 11.1 Å². The molecule has 2 aromatic rings. The Kier molecular flexibility index (Phi) is 4.62. The molecule has 0 fully saturated rings. The number of halogens is 1. The summed E-state index contributed by atoms with van der Waals surface area (Å²) in [6.45, 7) is 4.30. The molecular formula is C17H20ClN. The lowest BCUT2D eigenvalue weighted by Crippen LogP contribution is -2.23. The Morgan fingerprint density at radius 1 is 1.11 bits per heavy atom. The first kappa shape index (κ1) is 14.1. The van der Waals surface area contributed by atoms with Crippen LogP contribution in [0.3, 0.4) is 0 Å². The summed E-state index contributed by atoms with van der Waals surface area (Å²) >= 11 is 6.08. The summed E-state index contributed by atoms with van der Waals surface area (Å²) < 4.78 is 0. The van der Waals surface area contributed by atoms with Gasteiger partial charge in [-0.2, -0.15) is 0 Å². The second kappa shape index (κ2) is 6.23. The molecule has 0 aliphatic rings. The van der Waals surface area contributed by atoms with Crippen LogP contribution in [0.5, 0.6) is 0 Å². The van der Waals surface area contributed by atoms with Crippen LogP contribution in [0.1, 0.15) is 18.1 Å². The molecule has 0 aliphatic carbocycles. The van der Waals surface area contributed by atoms with Gasteiger partial charge in [-0.25, -0.2) is 0 Å². The summed E-state index contributed by atoms with van der Waals surface area (Å²) in [4.78, 5) is 0. The minimum Gasteiger partial charge on any atom is -0.317 e. The van der Waals surface area contributed by atoms with Crippen LogP contribution in [0, 0.1) is 6.92 Å². The molecule has 0 heterocycles. The van der Waals surface area contributed by atoms with Gasteiger partial charge in [0.2, 0.25) is 0 Å². The fourth-order valence-electron chi connectivity index (χ4n) is 2.18. The molecular weight excluding hydrogens is 254 g/mol. The smallest absolute Gasteiger partial charge is 0.0412 e. The molecule has 0 aromatic heterocycles. The quantitative estimate of drug-likeness (QED) is 0.867. The molecule has 19 heavy (non-hydrogen) atoms. The summed E-state index contributed by atoms with van der Waals surface area (Å²) in [5.41, 5.74) is 5.03. The molecule has 2 heteroatoms. The Morgan fingerprint density at radius 3 is 2.42 bits per heavy atom. The summed E-state index contributed by atoms with van der Waals surface area (Å²) in [6.07, 6.45) is 1.05. The molecule has 0 spiro atoms. The third kappa shape index (κ3) is 3.59. The zero-order valence-corrected chi connectivity index (χ0v) is 12.5. The number of likely N-dealkylation sites (N-methyl/N-ethyl adjacent to an activating group) is 1. The predicted octanol–water partition coefficient (Wildman–Crippen LogP) is 4.47. The van der Waals surface area contributed by atoms with Crippen molar-refractivity contribution < 1.29 is 0 Å². The van der Waals surface area contributed by atoms with Gasteiger partial charge >= 0.3 is 0 Å². The van der Waals surface area contributed by atoms with E-state index in [1.807, 2.05) is 19.2 Å². The highest BCUT2D eigenvalue weighted by Crippen LogP contribution is 2.26. The Labute approximate surface area is 120 Å². The van der Waals surface area contributed by atoms with Crippen LogP contribution in [-0.2, 0) is 6.42 Å². The van der Waals surface area contributed by atoms with Crippen molar-refractivity contribution in [1.29, 1.82) is 0 Å². The van der Waals surface area contributed by atoms with Crippen LogP contribution in [0.25, 0.3) is 11.1 Å². The molecule has 2 aromatic carbocycles. The summed E-state index contributed by atoms with van der Waals surface area (Å²) in [7, 11) is 1.99. The van der Waals surface area contributed by atoms with Crippen molar-refractivity contribution in [3.63, 3.8) is 0 Å². The van der Waals surface area contributed by atoms with E-state index in [9.17, 15) is 0 Å². The SMILES string of the molecule is CNC(C)Cc1ccc(-c2cc(Cl)ccc2C)cc1. The van der Waals surface area contributed by atoms with Gasteiger partial charge in [-0.05, 0) is 61.7 Å². The van der Waals surface area contributed by atoms with E-state index in [-0.39, 0.29) is 0 Å². The van der Waals surface area contributed by atoms with Crippen molar-refractivity contribution in [2.75, 3.05) is 7.05 Å². The maximum atomic E-state index is 6.08. The highest BCUT2D eigenvalue weighted by Gasteiger charge is 2.04. The highest BCUT2D eigenvalue weighted by molar-refractivity contribution is 6.30. The van der Waals surface area contributed by atoms with E-state index in [2.05, 4.69) is 49.5 Å². The molecule has 1 atom stereocenters. The first-order valence-electron chi connectivity index (χ1n) is 6.63. The van der Waals surface area contributed by atoms with E-state index in [0.29, 0.717) is 6.04 Å². The summed E-state index contributed by atoms with van der Waals surface area (Å²) in [6, 6.07) is 15.3.